The highest BCUT2D eigenvalue weighted by atomic mass is 32.2. The van der Waals surface area contributed by atoms with Gasteiger partial charge in [0.2, 0.25) is 0 Å². The van der Waals surface area contributed by atoms with E-state index in [0.29, 0.717) is 18.4 Å². The molecule has 2 N–H and O–H groups in total. The highest BCUT2D eigenvalue weighted by Crippen LogP contribution is 2.27. The predicted octanol–water partition coefficient (Wildman–Crippen LogP) is 1.16. The molecule has 1 heterocycles. The number of ether oxygens (including phenoxy) is 1. The quantitative estimate of drug-likeness (QED) is 0.818. The minimum Gasteiger partial charge on any atom is -0.480 e. The second-order valence-electron chi connectivity index (χ2n) is 5.24. The van der Waals surface area contributed by atoms with Gasteiger partial charge in [-0.2, -0.15) is 11.8 Å². The number of morpholine rings is 1. The van der Waals surface area contributed by atoms with Gasteiger partial charge in [-0.1, -0.05) is 12.8 Å². The number of carbonyl (C=O) groups is 2. The van der Waals surface area contributed by atoms with Crippen molar-refractivity contribution in [2.75, 3.05) is 26.0 Å². The minimum atomic E-state index is -1.01. The Morgan fingerprint density at radius 3 is 2.80 bits per heavy atom. The van der Waals surface area contributed by atoms with Crippen molar-refractivity contribution in [1.82, 2.24) is 10.2 Å². The molecule has 2 amide bonds. The number of carboxylic acids is 1. The summed E-state index contributed by atoms with van der Waals surface area (Å²) in [4.78, 5) is 24.9. The molecule has 0 aromatic rings. The first kappa shape index (κ1) is 15.4. The van der Waals surface area contributed by atoms with Gasteiger partial charge in [0.15, 0.2) is 6.04 Å². The fourth-order valence-corrected chi connectivity index (χ4v) is 3.77. The van der Waals surface area contributed by atoms with Crippen LogP contribution >= 0.6 is 11.8 Å². The first-order chi connectivity index (χ1) is 9.63. The molecular weight excluding hydrogens is 280 g/mol. The summed E-state index contributed by atoms with van der Waals surface area (Å²) in [7, 11) is 0. The van der Waals surface area contributed by atoms with Crippen LogP contribution in [0.2, 0.25) is 0 Å². The summed E-state index contributed by atoms with van der Waals surface area (Å²) in [6, 6.07) is -1.00. The summed E-state index contributed by atoms with van der Waals surface area (Å²) in [5.41, 5.74) is 0. The van der Waals surface area contributed by atoms with E-state index in [-0.39, 0.29) is 18.7 Å². The number of hydrogen-bond donors (Lipinski definition) is 2. The normalized spacial score (nSPS) is 30.9. The maximum absolute atomic E-state index is 12.3. The molecular formula is C13H22N2O4S. The molecule has 0 bridgehead atoms. The molecule has 2 aliphatic rings. The molecule has 114 valence electrons. The number of nitrogens with zero attached hydrogens (tertiary/aromatic N) is 1. The molecule has 2 fully saturated rings. The van der Waals surface area contributed by atoms with Crippen molar-refractivity contribution >= 4 is 23.8 Å². The van der Waals surface area contributed by atoms with Crippen molar-refractivity contribution in [3.05, 3.63) is 0 Å². The van der Waals surface area contributed by atoms with Gasteiger partial charge < -0.3 is 20.1 Å². The number of aliphatic carboxylic acids is 1. The smallest absolute Gasteiger partial charge is 0.328 e. The van der Waals surface area contributed by atoms with Gasteiger partial charge in [-0.3, -0.25) is 0 Å². The number of rotatable bonds is 3. The molecule has 1 aliphatic carbocycles. The predicted molar refractivity (Wildman–Crippen MR) is 77.0 cm³/mol. The van der Waals surface area contributed by atoms with Crippen LogP contribution in [0.25, 0.3) is 0 Å². The zero-order valence-corrected chi connectivity index (χ0v) is 12.5. The highest BCUT2D eigenvalue weighted by Gasteiger charge is 2.35. The molecule has 0 spiro atoms. The lowest BCUT2D eigenvalue weighted by molar-refractivity contribution is -0.147. The third kappa shape index (κ3) is 3.58. The Bertz CT molecular complexity index is 366. The van der Waals surface area contributed by atoms with E-state index in [1.54, 1.807) is 11.8 Å². The number of amides is 2. The van der Waals surface area contributed by atoms with Gasteiger partial charge in [-0.05, 0) is 19.1 Å². The van der Waals surface area contributed by atoms with Crippen LogP contribution in [0.1, 0.15) is 25.7 Å². The molecule has 1 saturated carbocycles. The van der Waals surface area contributed by atoms with Gasteiger partial charge in [0, 0.05) is 17.8 Å². The van der Waals surface area contributed by atoms with Crippen molar-refractivity contribution in [3.63, 3.8) is 0 Å². The van der Waals surface area contributed by atoms with Crippen LogP contribution in [-0.4, -0.2) is 65.4 Å². The number of thioether (sulfide) groups is 1. The third-order valence-corrected chi connectivity index (χ3v) is 5.16. The van der Waals surface area contributed by atoms with Crippen molar-refractivity contribution < 1.29 is 19.4 Å². The van der Waals surface area contributed by atoms with Crippen molar-refractivity contribution in [1.29, 1.82) is 0 Å². The Hall–Kier alpha value is -0.950. The SMILES string of the molecule is CSC1CCCCC1NC(=O)N1CCOCC1C(=O)O. The van der Waals surface area contributed by atoms with Crippen LogP contribution in [0.4, 0.5) is 4.79 Å². The largest absolute Gasteiger partial charge is 0.480 e. The lowest BCUT2D eigenvalue weighted by atomic mass is 9.95. The Balaban J connectivity index is 1.96. The van der Waals surface area contributed by atoms with E-state index >= 15 is 0 Å². The second-order valence-corrected chi connectivity index (χ2v) is 6.31. The Morgan fingerprint density at radius 2 is 2.10 bits per heavy atom. The molecule has 1 aliphatic heterocycles. The van der Waals surface area contributed by atoms with E-state index in [9.17, 15) is 9.59 Å². The first-order valence-corrected chi connectivity index (χ1v) is 8.32. The molecule has 7 heteroatoms. The summed E-state index contributed by atoms with van der Waals surface area (Å²) >= 11 is 1.78. The maximum atomic E-state index is 12.3. The van der Waals surface area contributed by atoms with E-state index in [2.05, 4.69) is 11.6 Å². The maximum Gasteiger partial charge on any atom is 0.328 e. The fourth-order valence-electron chi connectivity index (χ4n) is 2.84. The number of carboxylic acid groups (broad SMARTS) is 1. The summed E-state index contributed by atoms with van der Waals surface area (Å²) in [5.74, 6) is -1.01. The Kier molecular flexibility index (Phi) is 5.54. The van der Waals surface area contributed by atoms with E-state index in [1.807, 2.05) is 0 Å². The molecule has 6 nitrogen and oxygen atoms in total. The molecule has 0 radical (unpaired) electrons. The van der Waals surface area contributed by atoms with Crippen molar-refractivity contribution in [2.24, 2.45) is 0 Å². The number of carbonyl (C=O) groups excluding carboxylic acids is 1. The van der Waals surface area contributed by atoms with Crippen molar-refractivity contribution in [2.45, 2.75) is 43.0 Å². The average molecular weight is 302 g/mol. The second kappa shape index (κ2) is 7.17. The summed E-state index contributed by atoms with van der Waals surface area (Å²) in [6.45, 7) is 0.798. The van der Waals surface area contributed by atoms with E-state index in [1.165, 1.54) is 11.3 Å². The summed E-state index contributed by atoms with van der Waals surface area (Å²) in [5, 5.41) is 12.6. The Morgan fingerprint density at radius 1 is 1.35 bits per heavy atom. The van der Waals surface area contributed by atoms with Gasteiger partial charge in [0.05, 0.1) is 13.2 Å². The van der Waals surface area contributed by atoms with Crippen LogP contribution in [0.15, 0.2) is 0 Å². The number of nitrogens with one attached hydrogen (secondary N) is 1. The molecule has 3 atom stereocenters. The minimum absolute atomic E-state index is 0.0688. The third-order valence-electron chi connectivity index (χ3n) is 3.99. The van der Waals surface area contributed by atoms with Gasteiger partial charge in [0.25, 0.3) is 0 Å². The standard InChI is InChI=1S/C13H22N2O4S/c1-20-11-5-3-2-4-9(11)14-13(18)15-6-7-19-8-10(15)12(16)17/h9-11H,2-8H2,1H3,(H,14,18)(H,16,17). The van der Waals surface area contributed by atoms with E-state index in [0.717, 1.165) is 19.3 Å². The van der Waals surface area contributed by atoms with E-state index < -0.39 is 12.0 Å². The average Bonchev–Trinajstić information content (AvgIpc) is 2.47. The van der Waals surface area contributed by atoms with Crippen LogP contribution in [0.5, 0.6) is 0 Å². The van der Waals surface area contributed by atoms with Gasteiger partial charge in [0.1, 0.15) is 0 Å². The molecule has 20 heavy (non-hydrogen) atoms. The molecule has 0 aromatic carbocycles. The van der Waals surface area contributed by atoms with Crippen LogP contribution in [-0.2, 0) is 9.53 Å². The zero-order valence-electron chi connectivity index (χ0n) is 11.7. The zero-order chi connectivity index (χ0) is 14.5. The van der Waals surface area contributed by atoms with Crippen LogP contribution in [0.3, 0.4) is 0 Å². The topological polar surface area (TPSA) is 78.9 Å². The van der Waals surface area contributed by atoms with Gasteiger partial charge >= 0.3 is 12.0 Å². The molecule has 1 saturated heterocycles. The van der Waals surface area contributed by atoms with Gasteiger partial charge in [-0.25, -0.2) is 9.59 Å². The number of hydrogen-bond acceptors (Lipinski definition) is 4. The number of urea groups is 1. The monoisotopic (exact) mass is 302 g/mol. The van der Waals surface area contributed by atoms with Crippen LogP contribution in [0, 0.1) is 0 Å². The van der Waals surface area contributed by atoms with E-state index in [4.69, 9.17) is 9.84 Å². The Labute approximate surface area is 123 Å². The fraction of sp³-hybridized carbons (Fsp3) is 0.846. The van der Waals surface area contributed by atoms with Crippen LogP contribution < -0.4 is 5.32 Å². The first-order valence-electron chi connectivity index (χ1n) is 7.04. The highest BCUT2D eigenvalue weighted by molar-refractivity contribution is 7.99. The summed E-state index contributed by atoms with van der Waals surface area (Å²) in [6.07, 6.45) is 6.46. The molecule has 0 aromatic heterocycles. The molecule has 2 rings (SSSR count). The van der Waals surface area contributed by atoms with Gasteiger partial charge in [-0.15, -0.1) is 0 Å². The lowest BCUT2D eigenvalue weighted by Gasteiger charge is -2.36. The molecule has 3 unspecified atom stereocenters. The van der Waals surface area contributed by atoms with Crippen molar-refractivity contribution in [3.8, 4) is 0 Å². The summed E-state index contributed by atoms with van der Waals surface area (Å²) < 4.78 is 5.15. The lowest BCUT2D eigenvalue weighted by Crippen LogP contribution is -2.58.